The summed E-state index contributed by atoms with van der Waals surface area (Å²) in [6.45, 7) is 1.36. The summed E-state index contributed by atoms with van der Waals surface area (Å²) in [5.41, 5.74) is 0.520. The molecule has 1 fully saturated rings. The van der Waals surface area contributed by atoms with Crippen LogP contribution in [0.1, 0.15) is 16.8 Å². The number of amides is 1. The Balaban J connectivity index is 1.90. The number of halogens is 1. The number of para-hydroxylation sites is 1. The molecule has 2 aromatic rings. The molecule has 0 aromatic heterocycles. The molecule has 1 heterocycles. The Kier molecular flexibility index (Phi) is 4.04. The maximum absolute atomic E-state index is 12.9. The van der Waals surface area contributed by atoms with Crippen LogP contribution in [0.3, 0.4) is 0 Å². The smallest absolute Gasteiger partial charge is 0.261 e. The molecule has 0 unspecified atom stereocenters. The molecule has 1 aliphatic rings. The van der Waals surface area contributed by atoms with Crippen LogP contribution in [0.25, 0.3) is 0 Å². The SMILES string of the molecule is O=C(c1ccccc1NS(=O)(=O)c1ccc(F)cc1)N1CCC1. The zero-order valence-electron chi connectivity index (χ0n) is 12.2. The van der Waals surface area contributed by atoms with E-state index >= 15 is 0 Å². The number of carbonyl (C=O) groups excluding carboxylic acids is 1. The summed E-state index contributed by atoms with van der Waals surface area (Å²) >= 11 is 0. The number of benzene rings is 2. The summed E-state index contributed by atoms with van der Waals surface area (Å²) < 4.78 is 40.1. The monoisotopic (exact) mass is 334 g/mol. The third-order valence-corrected chi connectivity index (χ3v) is 5.05. The highest BCUT2D eigenvalue weighted by molar-refractivity contribution is 7.92. The van der Waals surface area contributed by atoms with Gasteiger partial charge in [-0.1, -0.05) is 12.1 Å². The quantitative estimate of drug-likeness (QED) is 0.934. The first-order valence-corrected chi connectivity index (χ1v) is 8.62. The van der Waals surface area contributed by atoms with Gasteiger partial charge < -0.3 is 4.90 Å². The molecule has 0 atom stereocenters. The molecule has 120 valence electrons. The fourth-order valence-electron chi connectivity index (χ4n) is 2.27. The second kappa shape index (κ2) is 6.00. The molecule has 0 radical (unpaired) electrons. The maximum atomic E-state index is 12.9. The van der Waals surface area contributed by atoms with Gasteiger partial charge in [0.1, 0.15) is 5.82 Å². The van der Waals surface area contributed by atoms with Crippen molar-refractivity contribution in [2.75, 3.05) is 17.8 Å². The molecular weight excluding hydrogens is 319 g/mol. The highest BCUT2D eigenvalue weighted by Gasteiger charge is 2.25. The van der Waals surface area contributed by atoms with Gasteiger partial charge in [-0.3, -0.25) is 9.52 Å². The zero-order valence-corrected chi connectivity index (χ0v) is 13.0. The Morgan fingerprint density at radius 1 is 1.04 bits per heavy atom. The third kappa shape index (κ3) is 3.19. The van der Waals surface area contributed by atoms with Gasteiger partial charge in [0.05, 0.1) is 16.1 Å². The molecule has 1 aliphatic heterocycles. The van der Waals surface area contributed by atoms with Crippen LogP contribution in [-0.4, -0.2) is 32.3 Å². The van der Waals surface area contributed by atoms with Gasteiger partial charge in [0.25, 0.3) is 15.9 Å². The molecule has 7 heteroatoms. The number of nitrogens with one attached hydrogen (secondary N) is 1. The van der Waals surface area contributed by atoms with E-state index in [0.717, 1.165) is 18.6 Å². The lowest BCUT2D eigenvalue weighted by Crippen LogP contribution is -2.42. The van der Waals surface area contributed by atoms with Gasteiger partial charge in [-0.25, -0.2) is 12.8 Å². The topological polar surface area (TPSA) is 66.5 Å². The first kappa shape index (κ1) is 15.5. The summed E-state index contributed by atoms with van der Waals surface area (Å²) in [5, 5.41) is 0. The van der Waals surface area contributed by atoms with Crippen LogP contribution in [0.2, 0.25) is 0 Å². The Morgan fingerprint density at radius 3 is 2.30 bits per heavy atom. The Morgan fingerprint density at radius 2 is 1.70 bits per heavy atom. The third-order valence-electron chi connectivity index (χ3n) is 3.67. The number of hydrogen-bond acceptors (Lipinski definition) is 3. The molecule has 2 aromatic carbocycles. The zero-order chi connectivity index (χ0) is 16.4. The molecule has 0 aliphatic carbocycles. The van der Waals surface area contributed by atoms with Crippen molar-refractivity contribution in [2.24, 2.45) is 0 Å². The van der Waals surface area contributed by atoms with Crippen molar-refractivity contribution in [1.29, 1.82) is 0 Å². The summed E-state index contributed by atoms with van der Waals surface area (Å²) in [6.07, 6.45) is 0.954. The van der Waals surface area contributed by atoms with Gasteiger partial charge in [0.2, 0.25) is 0 Å². The second-order valence-electron chi connectivity index (χ2n) is 5.25. The number of carbonyl (C=O) groups is 1. The minimum atomic E-state index is -3.89. The predicted octanol–water partition coefficient (Wildman–Crippen LogP) is 2.47. The summed E-state index contributed by atoms with van der Waals surface area (Å²) in [5.74, 6) is -0.717. The van der Waals surface area contributed by atoms with E-state index in [2.05, 4.69) is 4.72 Å². The van der Waals surface area contributed by atoms with E-state index in [-0.39, 0.29) is 16.5 Å². The fraction of sp³-hybridized carbons (Fsp3) is 0.188. The van der Waals surface area contributed by atoms with E-state index < -0.39 is 15.8 Å². The second-order valence-corrected chi connectivity index (χ2v) is 6.93. The molecule has 1 amide bonds. The van der Waals surface area contributed by atoms with Crippen molar-refractivity contribution >= 4 is 21.6 Å². The number of likely N-dealkylation sites (tertiary alicyclic amines) is 1. The van der Waals surface area contributed by atoms with Crippen LogP contribution in [0.5, 0.6) is 0 Å². The van der Waals surface area contributed by atoms with Crippen molar-refractivity contribution in [1.82, 2.24) is 4.90 Å². The molecule has 3 rings (SSSR count). The minimum Gasteiger partial charge on any atom is -0.338 e. The molecule has 5 nitrogen and oxygen atoms in total. The number of hydrogen-bond donors (Lipinski definition) is 1. The molecule has 1 saturated heterocycles. The number of rotatable bonds is 4. The molecule has 23 heavy (non-hydrogen) atoms. The highest BCUT2D eigenvalue weighted by atomic mass is 32.2. The lowest BCUT2D eigenvalue weighted by molar-refractivity contribution is 0.0653. The van der Waals surface area contributed by atoms with Gasteiger partial charge in [-0.15, -0.1) is 0 Å². The van der Waals surface area contributed by atoms with Crippen molar-refractivity contribution < 1.29 is 17.6 Å². The lowest BCUT2D eigenvalue weighted by atomic mass is 10.1. The largest absolute Gasteiger partial charge is 0.338 e. The molecule has 0 saturated carbocycles. The summed E-state index contributed by atoms with van der Waals surface area (Å²) in [7, 11) is -3.89. The van der Waals surface area contributed by atoms with Gasteiger partial charge in [-0.05, 0) is 42.8 Å². The van der Waals surface area contributed by atoms with E-state index in [4.69, 9.17) is 0 Å². The van der Waals surface area contributed by atoms with Gasteiger partial charge in [-0.2, -0.15) is 0 Å². The molecule has 1 N–H and O–H groups in total. The Hall–Kier alpha value is -2.41. The van der Waals surface area contributed by atoms with Gasteiger partial charge in [0, 0.05) is 13.1 Å². The van der Waals surface area contributed by atoms with Crippen molar-refractivity contribution in [3.05, 3.63) is 59.9 Å². The Bertz CT molecular complexity index is 831. The molecule has 0 bridgehead atoms. The van der Waals surface area contributed by atoms with Crippen LogP contribution in [-0.2, 0) is 10.0 Å². The van der Waals surface area contributed by atoms with Crippen LogP contribution in [0.15, 0.2) is 53.4 Å². The highest BCUT2D eigenvalue weighted by Crippen LogP contribution is 2.23. The van der Waals surface area contributed by atoms with Crippen LogP contribution >= 0.6 is 0 Å². The predicted molar refractivity (Wildman–Crippen MR) is 84.2 cm³/mol. The average Bonchev–Trinajstić information content (AvgIpc) is 2.46. The summed E-state index contributed by atoms with van der Waals surface area (Å²) in [4.78, 5) is 13.9. The number of anilines is 1. The fourth-order valence-corrected chi connectivity index (χ4v) is 3.35. The van der Waals surface area contributed by atoms with E-state index in [1.54, 1.807) is 23.1 Å². The lowest BCUT2D eigenvalue weighted by Gasteiger charge is -2.31. The minimum absolute atomic E-state index is 0.0647. The summed E-state index contributed by atoms with van der Waals surface area (Å²) in [6, 6.07) is 11.0. The first-order chi connectivity index (χ1) is 11.0. The average molecular weight is 334 g/mol. The van der Waals surface area contributed by atoms with E-state index in [1.165, 1.54) is 18.2 Å². The van der Waals surface area contributed by atoms with E-state index in [1.807, 2.05) is 0 Å². The van der Waals surface area contributed by atoms with Crippen LogP contribution in [0.4, 0.5) is 10.1 Å². The van der Waals surface area contributed by atoms with Gasteiger partial charge in [0.15, 0.2) is 0 Å². The van der Waals surface area contributed by atoms with E-state index in [9.17, 15) is 17.6 Å². The van der Waals surface area contributed by atoms with Crippen LogP contribution < -0.4 is 4.72 Å². The van der Waals surface area contributed by atoms with Gasteiger partial charge >= 0.3 is 0 Å². The number of nitrogens with zero attached hydrogens (tertiary/aromatic N) is 1. The number of sulfonamides is 1. The normalized spacial score (nSPS) is 14.2. The van der Waals surface area contributed by atoms with E-state index in [0.29, 0.717) is 18.7 Å². The van der Waals surface area contributed by atoms with Crippen molar-refractivity contribution in [3.8, 4) is 0 Å². The van der Waals surface area contributed by atoms with Crippen molar-refractivity contribution in [2.45, 2.75) is 11.3 Å². The molecule has 0 spiro atoms. The van der Waals surface area contributed by atoms with Crippen molar-refractivity contribution in [3.63, 3.8) is 0 Å². The Labute approximate surface area is 133 Å². The molecular formula is C16H15FN2O3S. The first-order valence-electron chi connectivity index (χ1n) is 7.14. The standard InChI is InChI=1S/C16H15FN2O3S/c17-12-6-8-13(9-7-12)23(21,22)18-15-5-2-1-4-14(15)16(20)19-10-3-11-19/h1-2,4-9,18H,3,10-11H2. The van der Waals surface area contributed by atoms with Crippen LogP contribution in [0, 0.1) is 5.82 Å². The maximum Gasteiger partial charge on any atom is 0.261 e.